The second kappa shape index (κ2) is 6.06. The van der Waals surface area contributed by atoms with Gasteiger partial charge in [-0.3, -0.25) is 14.8 Å². The standard InChI is InChI=1S/C18H15NO4/c1-23-14-9-7-13(8-10-14)18(21)15-11-16(20)19(22)17(15)12-5-3-2-4-6-12/h2-11,17,22H,1H3. The average Bonchev–Trinajstić information content (AvgIpc) is 2.90. The van der Waals surface area contributed by atoms with Crippen LogP contribution in [0.1, 0.15) is 22.0 Å². The molecule has 1 aliphatic heterocycles. The molecule has 2 aromatic carbocycles. The Morgan fingerprint density at radius 3 is 2.35 bits per heavy atom. The summed E-state index contributed by atoms with van der Waals surface area (Å²) >= 11 is 0. The highest BCUT2D eigenvalue weighted by molar-refractivity contribution is 6.14. The molecule has 1 amide bonds. The number of carbonyl (C=O) groups is 2. The molecule has 116 valence electrons. The van der Waals surface area contributed by atoms with Crippen molar-refractivity contribution in [1.29, 1.82) is 0 Å². The quantitative estimate of drug-likeness (QED) is 0.696. The summed E-state index contributed by atoms with van der Waals surface area (Å²) in [5, 5.41) is 10.6. The van der Waals surface area contributed by atoms with Crippen molar-refractivity contribution in [2.24, 2.45) is 0 Å². The fourth-order valence-electron chi connectivity index (χ4n) is 2.59. The Labute approximate surface area is 133 Å². The van der Waals surface area contributed by atoms with Crippen LogP contribution in [0.2, 0.25) is 0 Å². The van der Waals surface area contributed by atoms with Crippen LogP contribution in [0.15, 0.2) is 66.2 Å². The number of nitrogens with zero attached hydrogens (tertiary/aromatic N) is 1. The van der Waals surface area contributed by atoms with E-state index >= 15 is 0 Å². The fourth-order valence-corrected chi connectivity index (χ4v) is 2.59. The number of ketones is 1. The first-order valence-electron chi connectivity index (χ1n) is 7.09. The largest absolute Gasteiger partial charge is 0.497 e. The summed E-state index contributed by atoms with van der Waals surface area (Å²) in [5.41, 5.74) is 1.35. The van der Waals surface area contributed by atoms with Gasteiger partial charge in [0.25, 0.3) is 5.91 Å². The monoisotopic (exact) mass is 309 g/mol. The third kappa shape index (κ3) is 2.74. The smallest absolute Gasteiger partial charge is 0.271 e. The first-order valence-corrected chi connectivity index (χ1v) is 7.09. The molecular weight excluding hydrogens is 294 g/mol. The third-order valence-electron chi connectivity index (χ3n) is 3.77. The van der Waals surface area contributed by atoms with Gasteiger partial charge in [-0.2, -0.15) is 0 Å². The predicted octanol–water partition coefficient (Wildman–Crippen LogP) is 2.78. The Hall–Kier alpha value is -2.92. The average molecular weight is 309 g/mol. The number of ether oxygens (including phenoxy) is 1. The SMILES string of the molecule is COc1ccc(C(=O)C2=CC(=O)N(O)C2c2ccccc2)cc1. The molecule has 1 aliphatic rings. The molecule has 2 aromatic rings. The lowest BCUT2D eigenvalue weighted by molar-refractivity contribution is -0.163. The Morgan fingerprint density at radius 2 is 1.74 bits per heavy atom. The molecule has 1 heterocycles. The topological polar surface area (TPSA) is 66.8 Å². The molecule has 23 heavy (non-hydrogen) atoms. The van der Waals surface area contributed by atoms with Gasteiger partial charge in [-0.05, 0) is 29.8 Å². The number of carbonyl (C=O) groups excluding carboxylic acids is 2. The van der Waals surface area contributed by atoms with Gasteiger partial charge in [0.2, 0.25) is 0 Å². The lowest BCUT2D eigenvalue weighted by Gasteiger charge is -2.21. The highest BCUT2D eigenvalue weighted by Crippen LogP contribution is 2.34. The van der Waals surface area contributed by atoms with Crippen LogP contribution in [0.3, 0.4) is 0 Å². The highest BCUT2D eigenvalue weighted by atomic mass is 16.5. The second-order valence-electron chi connectivity index (χ2n) is 5.15. The molecule has 0 fully saturated rings. The van der Waals surface area contributed by atoms with Gasteiger partial charge in [-0.15, -0.1) is 0 Å². The normalized spacial score (nSPS) is 17.1. The summed E-state index contributed by atoms with van der Waals surface area (Å²) in [6.45, 7) is 0. The van der Waals surface area contributed by atoms with Crippen molar-refractivity contribution in [3.63, 3.8) is 0 Å². The number of amides is 1. The molecule has 0 radical (unpaired) electrons. The van der Waals surface area contributed by atoms with Crippen molar-refractivity contribution in [2.45, 2.75) is 6.04 Å². The maximum absolute atomic E-state index is 12.7. The molecular formula is C18H15NO4. The van der Waals surface area contributed by atoms with E-state index < -0.39 is 11.9 Å². The molecule has 0 spiro atoms. The number of hydrogen-bond acceptors (Lipinski definition) is 4. The van der Waals surface area contributed by atoms with Gasteiger partial charge in [0.05, 0.1) is 7.11 Å². The molecule has 0 saturated carbocycles. The van der Waals surface area contributed by atoms with Crippen LogP contribution in [-0.2, 0) is 4.79 Å². The van der Waals surface area contributed by atoms with Crippen molar-refractivity contribution in [2.75, 3.05) is 7.11 Å². The highest BCUT2D eigenvalue weighted by Gasteiger charge is 2.37. The molecule has 0 aliphatic carbocycles. The minimum absolute atomic E-state index is 0.244. The van der Waals surface area contributed by atoms with Gasteiger partial charge in [-0.1, -0.05) is 30.3 Å². The Bertz CT molecular complexity index is 765. The number of hydrogen-bond donors (Lipinski definition) is 1. The minimum Gasteiger partial charge on any atom is -0.497 e. The zero-order valence-electron chi connectivity index (χ0n) is 12.5. The first kappa shape index (κ1) is 15.0. The molecule has 5 heteroatoms. The van der Waals surface area contributed by atoms with Gasteiger partial charge < -0.3 is 4.74 Å². The van der Waals surface area contributed by atoms with Crippen LogP contribution in [-0.4, -0.2) is 29.1 Å². The van der Waals surface area contributed by atoms with Gasteiger partial charge in [0.1, 0.15) is 11.8 Å². The van der Waals surface area contributed by atoms with Crippen molar-refractivity contribution >= 4 is 11.7 Å². The van der Waals surface area contributed by atoms with Crippen LogP contribution < -0.4 is 4.74 Å². The number of hydroxylamine groups is 2. The lowest BCUT2D eigenvalue weighted by Crippen LogP contribution is -2.26. The molecule has 1 unspecified atom stereocenters. The Kier molecular flexibility index (Phi) is 3.95. The maximum atomic E-state index is 12.7. The number of rotatable bonds is 4. The molecule has 1 atom stereocenters. The number of methoxy groups -OCH3 is 1. The Morgan fingerprint density at radius 1 is 1.09 bits per heavy atom. The van der Waals surface area contributed by atoms with E-state index in [4.69, 9.17) is 4.74 Å². The second-order valence-corrected chi connectivity index (χ2v) is 5.15. The van der Waals surface area contributed by atoms with Crippen molar-refractivity contribution < 1.29 is 19.5 Å². The van der Waals surface area contributed by atoms with Crippen LogP contribution in [0.5, 0.6) is 5.75 Å². The van der Waals surface area contributed by atoms with E-state index in [0.29, 0.717) is 21.9 Å². The van der Waals surface area contributed by atoms with E-state index in [1.54, 1.807) is 55.6 Å². The molecule has 0 saturated heterocycles. The van der Waals surface area contributed by atoms with Gasteiger partial charge >= 0.3 is 0 Å². The predicted molar refractivity (Wildman–Crippen MR) is 83.2 cm³/mol. The van der Waals surface area contributed by atoms with Crippen LogP contribution in [0.4, 0.5) is 0 Å². The summed E-state index contributed by atoms with van der Waals surface area (Å²) < 4.78 is 5.07. The first-order chi connectivity index (χ1) is 11.1. The maximum Gasteiger partial charge on any atom is 0.271 e. The molecule has 1 N–H and O–H groups in total. The molecule has 0 bridgehead atoms. The van der Waals surface area contributed by atoms with Crippen LogP contribution in [0, 0.1) is 0 Å². The lowest BCUT2D eigenvalue weighted by atomic mass is 9.94. The summed E-state index contributed by atoms with van der Waals surface area (Å²) in [5.74, 6) is -0.261. The van der Waals surface area contributed by atoms with E-state index in [9.17, 15) is 14.8 Å². The minimum atomic E-state index is -0.793. The fraction of sp³-hybridized carbons (Fsp3) is 0.111. The van der Waals surface area contributed by atoms with Crippen LogP contribution in [0.25, 0.3) is 0 Å². The summed E-state index contributed by atoms with van der Waals surface area (Å²) in [4.78, 5) is 24.6. The van der Waals surface area contributed by atoms with Crippen molar-refractivity contribution in [3.05, 3.63) is 77.4 Å². The summed E-state index contributed by atoms with van der Waals surface area (Å²) in [7, 11) is 1.55. The van der Waals surface area contributed by atoms with E-state index in [2.05, 4.69) is 0 Å². The van der Waals surface area contributed by atoms with Gasteiger partial charge in [-0.25, -0.2) is 5.06 Å². The van der Waals surface area contributed by atoms with Gasteiger partial charge in [0, 0.05) is 17.2 Å². The van der Waals surface area contributed by atoms with E-state index in [1.807, 2.05) is 6.07 Å². The van der Waals surface area contributed by atoms with Crippen molar-refractivity contribution in [1.82, 2.24) is 5.06 Å². The number of benzene rings is 2. The number of Topliss-reactive ketones (excluding diaryl/α,β-unsaturated/α-hetero) is 1. The summed E-state index contributed by atoms with van der Waals surface area (Å²) in [6, 6.07) is 14.8. The van der Waals surface area contributed by atoms with E-state index in [-0.39, 0.29) is 11.4 Å². The van der Waals surface area contributed by atoms with Crippen molar-refractivity contribution in [3.8, 4) is 5.75 Å². The third-order valence-corrected chi connectivity index (χ3v) is 3.77. The van der Waals surface area contributed by atoms with Crippen LogP contribution >= 0.6 is 0 Å². The molecule has 3 rings (SSSR count). The van der Waals surface area contributed by atoms with E-state index in [0.717, 1.165) is 0 Å². The molecule has 5 nitrogen and oxygen atoms in total. The Balaban J connectivity index is 1.97. The van der Waals surface area contributed by atoms with E-state index in [1.165, 1.54) is 6.08 Å². The zero-order valence-corrected chi connectivity index (χ0v) is 12.5. The summed E-state index contributed by atoms with van der Waals surface area (Å²) in [6.07, 6.45) is 1.18. The van der Waals surface area contributed by atoms with Gasteiger partial charge in [0.15, 0.2) is 5.78 Å². The molecule has 0 aromatic heterocycles. The zero-order chi connectivity index (χ0) is 16.4.